The van der Waals surface area contributed by atoms with Crippen molar-refractivity contribution < 1.29 is 4.74 Å². The van der Waals surface area contributed by atoms with Crippen LogP contribution in [-0.4, -0.2) is 19.9 Å². The van der Waals surface area contributed by atoms with Gasteiger partial charge in [-0.3, -0.25) is 5.41 Å². The van der Waals surface area contributed by atoms with E-state index in [1.54, 1.807) is 12.1 Å². The third-order valence-corrected chi connectivity index (χ3v) is 3.29. The summed E-state index contributed by atoms with van der Waals surface area (Å²) in [6.07, 6.45) is 0. The van der Waals surface area contributed by atoms with Gasteiger partial charge in [0.25, 0.3) is 0 Å². The quantitative estimate of drug-likeness (QED) is 0.663. The summed E-state index contributed by atoms with van der Waals surface area (Å²) in [5.41, 5.74) is 7.20. The van der Waals surface area contributed by atoms with Crippen LogP contribution in [0.1, 0.15) is 5.56 Å². The molecule has 104 valence electrons. The zero-order valence-corrected chi connectivity index (χ0v) is 12.9. The van der Waals surface area contributed by atoms with Gasteiger partial charge < -0.3 is 15.4 Å². The number of benzene rings is 2. The van der Waals surface area contributed by atoms with E-state index in [9.17, 15) is 0 Å². The van der Waals surface area contributed by atoms with E-state index >= 15 is 0 Å². The SMILES string of the molecule is CN(C)c1cccc(Oc2ccc(Br)cc2C(=N)N)c1. The Morgan fingerprint density at radius 2 is 1.95 bits per heavy atom. The molecule has 2 rings (SSSR count). The normalized spacial score (nSPS) is 10.2. The number of halogens is 1. The summed E-state index contributed by atoms with van der Waals surface area (Å²) >= 11 is 3.37. The molecule has 0 heterocycles. The zero-order valence-electron chi connectivity index (χ0n) is 11.4. The van der Waals surface area contributed by atoms with Crippen LogP contribution in [0.15, 0.2) is 46.9 Å². The van der Waals surface area contributed by atoms with Gasteiger partial charge in [0.05, 0.1) is 5.56 Å². The number of nitrogens with two attached hydrogens (primary N) is 1. The molecule has 20 heavy (non-hydrogen) atoms. The number of nitrogens with zero attached hydrogens (tertiary/aromatic N) is 1. The Morgan fingerprint density at radius 1 is 1.20 bits per heavy atom. The van der Waals surface area contributed by atoms with E-state index in [2.05, 4.69) is 15.9 Å². The number of hydrogen-bond acceptors (Lipinski definition) is 3. The lowest BCUT2D eigenvalue weighted by atomic mass is 10.2. The van der Waals surface area contributed by atoms with Gasteiger partial charge in [0.1, 0.15) is 17.3 Å². The number of nitrogens with one attached hydrogen (secondary N) is 1. The molecule has 0 saturated carbocycles. The molecule has 0 aromatic heterocycles. The first-order chi connectivity index (χ1) is 9.47. The van der Waals surface area contributed by atoms with E-state index in [0.29, 0.717) is 17.1 Å². The van der Waals surface area contributed by atoms with E-state index in [0.717, 1.165) is 10.2 Å². The Hall–Kier alpha value is -2.01. The first kappa shape index (κ1) is 14.4. The number of hydrogen-bond donors (Lipinski definition) is 2. The number of ether oxygens (including phenoxy) is 1. The molecule has 0 aliphatic heterocycles. The molecule has 0 bridgehead atoms. The van der Waals surface area contributed by atoms with Crippen molar-refractivity contribution in [3.63, 3.8) is 0 Å². The van der Waals surface area contributed by atoms with Crippen molar-refractivity contribution in [2.75, 3.05) is 19.0 Å². The Labute approximate surface area is 126 Å². The Kier molecular flexibility index (Phi) is 4.29. The molecule has 3 N–H and O–H groups in total. The molecule has 2 aromatic carbocycles. The zero-order chi connectivity index (χ0) is 14.7. The standard InChI is InChI=1S/C15H16BrN3O/c1-19(2)11-4-3-5-12(9-11)20-14-7-6-10(16)8-13(14)15(17)18/h3-9H,1-2H3,(H3,17,18). The molecule has 0 aliphatic rings. The number of anilines is 1. The lowest BCUT2D eigenvalue weighted by Crippen LogP contribution is -2.12. The molecule has 0 unspecified atom stereocenters. The average molecular weight is 334 g/mol. The molecule has 0 atom stereocenters. The summed E-state index contributed by atoms with van der Waals surface area (Å²) in [5.74, 6) is 1.25. The highest BCUT2D eigenvalue weighted by molar-refractivity contribution is 9.10. The highest BCUT2D eigenvalue weighted by Gasteiger charge is 2.09. The van der Waals surface area contributed by atoms with Gasteiger partial charge in [-0.25, -0.2) is 0 Å². The van der Waals surface area contributed by atoms with Crippen LogP contribution in [-0.2, 0) is 0 Å². The third kappa shape index (κ3) is 3.30. The fraction of sp³-hybridized carbons (Fsp3) is 0.133. The largest absolute Gasteiger partial charge is 0.457 e. The molecule has 4 nitrogen and oxygen atoms in total. The van der Waals surface area contributed by atoms with E-state index in [-0.39, 0.29) is 5.84 Å². The third-order valence-electron chi connectivity index (χ3n) is 2.79. The summed E-state index contributed by atoms with van der Waals surface area (Å²) in [4.78, 5) is 2.00. The van der Waals surface area contributed by atoms with Crippen LogP contribution in [0.4, 0.5) is 5.69 Å². The summed E-state index contributed by atoms with van der Waals surface area (Å²) in [7, 11) is 3.94. The Bertz CT molecular complexity index is 641. The average Bonchev–Trinajstić information content (AvgIpc) is 2.41. The molecule has 0 amide bonds. The van der Waals surface area contributed by atoms with Crippen LogP contribution in [0.25, 0.3) is 0 Å². The van der Waals surface area contributed by atoms with Crippen molar-refractivity contribution in [1.82, 2.24) is 0 Å². The molecule has 0 saturated heterocycles. The second-order valence-corrected chi connectivity index (χ2v) is 5.46. The van der Waals surface area contributed by atoms with Crippen LogP contribution in [0, 0.1) is 5.41 Å². The summed E-state index contributed by atoms with van der Waals surface area (Å²) in [5, 5.41) is 7.62. The van der Waals surface area contributed by atoms with Crippen LogP contribution < -0.4 is 15.4 Å². The van der Waals surface area contributed by atoms with Crippen LogP contribution in [0.5, 0.6) is 11.5 Å². The molecule has 0 spiro atoms. The molecule has 0 aliphatic carbocycles. The van der Waals surface area contributed by atoms with Gasteiger partial charge in [-0.05, 0) is 30.3 Å². The van der Waals surface area contributed by atoms with Gasteiger partial charge in [-0.2, -0.15) is 0 Å². The maximum absolute atomic E-state index is 7.62. The maximum atomic E-state index is 7.62. The minimum atomic E-state index is -0.0231. The van der Waals surface area contributed by atoms with Crippen molar-refractivity contribution in [2.45, 2.75) is 0 Å². The van der Waals surface area contributed by atoms with E-state index in [4.69, 9.17) is 15.9 Å². The Balaban J connectivity index is 2.35. The van der Waals surface area contributed by atoms with Gasteiger partial charge >= 0.3 is 0 Å². The molecule has 0 fully saturated rings. The van der Waals surface area contributed by atoms with Gasteiger partial charge in [-0.1, -0.05) is 22.0 Å². The fourth-order valence-electron chi connectivity index (χ4n) is 1.75. The second kappa shape index (κ2) is 5.96. The van der Waals surface area contributed by atoms with Gasteiger partial charge in [0, 0.05) is 30.3 Å². The van der Waals surface area contributed by atoms with Crippen LogP contribution in [0.2, 0.25) is 0 Å². The first-order valence-electron chi connectivity index (χ1n) is 6.06. The molecular weight excluding hydrogens is 318 g/mol. The number of amidine groups is 1. The maximum Gasteiger partial charge on any atom is 0.138 e. The van der Waals surface area contributed by atoms with Crippen LogP contribution in [0.3, 0.4) is 0 Å². The molecule has 0 radical (unpaired) electrons. The van der Waals surface area contributed by atoms with Crippen molar-refractivity contribution in [3.05, 3.63) is 52.5 Å². The van der Waals surface area contributed by atoms with Crippen molar-refractivity contribution in [3.8, 4) is 11.5 Å². The molecule has 5 heteroatoms. The van der Waals surface area contributed by atoms with Crippen molar-refractivity contribution >= 4 is 27.5 Å². The highest BCUT2D eigenvalue weighted by Crippen LogP contribution is 2.29. The topological polar surface area (TPSA) is 62.3 Å². The van der Waals surface area contributed by atoms with E-state index in [1.807, 2.05) is 49.3 Å². The predicted octanol–water partition coefficient (Wildman–Crippen LogP) is 3.59. The molecule has 2 aromatic rings. The number of rotatable bonds is 4. The van der Waals surface area contributed by atoms with E-state index in [1.165, 1.54) is 0 Å². The summed E-state index contributed by atoms with van der Waals surface area (Å²) in [6, 6.07) is 13.2. The van der Waals surface area contributed by atoms with E-state index < -0.39 is 0 Å². The van der Waals surface area contributed by atoms with Crippen molar-refractivity contribution in [2.24, 2.45) is 5.73 Å². The Morgan fingerprint density at radius 3 is 2.60 bits per heavy atom. The van der Waals surface area contributed by atoms with Crippen molar-refractivity contribution in [1.29, 1.82) is 5.41 Å². The monoisotopic (exact) mass is 333 g/mol. The summed E-state index contributed by atoms with van der Waals surface area (Å²) < 4.78 is 6.71. The smallest absolute Gasteiger partial charge is 0.138 e. The van der Waals surface area contributed by atoms with Gasteiger partial charge in [0.2, 0.25) is 0 Å². The lowest BCUT2D eigenvalue weighted by Gasteiger charge is -2.15. The first-order valence-corrected chi connectivity index (χ1v) is 6.86. The predicted molar refractivity (Wildman–Crippen MR) is 86.0 cm³/mol. The minimum Gasteiger partial charge on any atom is -0.457 e. The summed E-state index contributed by atoms with van der Waals surface area (Å²) in [6.45, 7) is 0. The minimum absolute atomic E-state index is 0.0231. The lowest BCUT2D eigenvalue weighted by molar-refractivity contribution is 0.481. The number of nitrogen functional groups attached to an aromatic ring is 1. The fourth-order valence-corrected chi connectivity index (χ4v) is 2.11. The van der Waals surface area contributed by atoms with Gasteiger partial charge in [-0.15, -0.1) is 0 Å². The molecular formula is C15H16BrN3O. The van der Waals surface area contributed by atoms with Crippen LogP contribution >= 0.6 is 15.9 Å². The van der Waals surface area contributed by atoms with Gasteiger partial charge in [0.15, 0.2) is 0 Å². The highest BCUT2D eigenvalue weighted by atomic mass is 79.9. The second-order valence-electron chi connectivity index (χ2n) is 4.55.